The van der Waals surface area contributed by atoms with E-state index in [2.05, 4.69) is 0 Å². The van der Waals surface area contributed by atoms with Gasteiger partial charge >= 0.3 is 6.18 Å². The normalized spacial score (nSPS) is 24.9. The van der Waals surface area contributed by atoms with E-state index in [9.17, 15) is 21.6 Å². The Balaban J connectivity index is 2.20. The zero-order chi connectivity index (χ0) is 17.4. The van der Waals surface area contributed by atoms with E-state index in [-0.39, 0.29) is 23.5 Å². The van der Waals surface area contributed by atoms with Gasteiger partial charge in [-0.2, -0.15) is 13.2 Å². The first kappa shape index (κ1) is 17.0. The molecule has 0 radical (unpaired) electrons. The first-order valence-electron chi connectivity index (χ1n) is 7.35. The number of rotatable bonds is 3. The largest absolute Gasteiger partial charge is 0.423 e. The van der Waals surface area contributed by atoms with Crippen LogP contribution < -0.4 is 0 Å². The van der Waals surface area contributed by atoms with E-state index in [1.165, 1.54) is 48.5 Å². The first-order valence-corrected chi connectivity index (χ1v) is 8.90. The average molecular weight is 356 g/mol. The zero-order valence-electron chi connectivity index (χ0n) is 12.5. The smallest absolute Gasteiger partial charge is 0.360 e. The maximum atomic E-state index is 14.0. The molecule has 0 N–H and O–H groups in total. The average Bonchev–Trinajstić information content (AvgIpc) is 3.03. The lowest BCUT2D eigenvalue weighted by molar-refractivity contribution is -0.267. The van der Waals surface area contributed by atoms with Crippen LogP contribution in [0.4, 0.5) is 13.2 Å². The second kappa shape index (κ2) is 5.89. The van der Waals surface area contributed by atoms with Crippen LogP contribution in [0.1, 0.15) is 12.0 Å². The van der Waals surface area contributed by atoms with Crippen molar-refractivity contribution >= 4 is 9.84 Å². The lowest BCUT2D eigenvalue weighted by atomic mass is 9.89. The van der Waals surface area contributed by atoms with Gasteiger partial charge in [0.25, 0.3) is 0 Å². The van der Waals surface area contributed by atoms with E-state index in [1.54, 1.807) is 12.1 Å². The summed E-state index contributed by atoms with van der Waals surface area (Å²) in [6.07, 6.45) is -5.08. The molecule has 1 saturated heterocycles. The Labute approximate surface area is 138 Å². The van der Waals surface area contributed by atoms with Crippen molar-refractivity contribution in [3.63, 3.8) is 0 Å². The topological polar surface area (TPSA) is 43.4 Å². The molecule has 0 amide bonds. The molecule has 0 aromatic heterocycles. The minimum atomic E-state index is -4.86. The number of hydrogen-bond acceptors (Lipinski definition) is 3. The molecule has 0 unspecified atom stereocenters. The van der Waals surface area contributed by atoms with Crippen LogP contribution in [0, 0.1) is 0 Å². The summed E-state index contributed by atoms with van der Waals surface area (Å²) in [6, 6.07) is 14.2. The van der Waals surface area contributed by atoms with E-state index < -0.39 is 26.9 Å². The van der Waals surface area contributed by atoms with Gasteiger partial charge in [-0.25, -0.2) is 8.42 Å². The summed E-state index contributed by atoms with van der Waals surface area (Å²) in [4.78, 5) is -0.134. The fourth-order valence-electron chi connectivity index (χ4n) is 3.15. The highest BCUT2D eigenvalue weighted by atomic mass is 32.2. The fourth-order valence-corrected chi connectivity index (χ4v) is 5.20. The standard InChI is InChI=1S/C17H15F3O3S/c18-17(19,20)16(13-7-3-1-4-8-13)15(11-12-23-16)24(21,22)14-9-5-2-6-10-14/h1-10,15H,11-12H2/t15-,16-/m0/s1. The summed E-state index contributed by atoms with van der Waals surface area (Å²) < 4.78 is 72.9. The maximum absolute atomic E-state index is 14.0. The third-order valence-electron chi connectivity index (χ3n) is 4.23. The summed E-state index contributed by atoms with van der Waals surface area (Å²) in [7, 11) is -4.22. The molecule has 7 heteroatoms. The van der Waals surface area contributed by atoms with Crippen molar-refractivity contribution in [3.8, 4) is 0 Å². The summed E-state index contributed by atoms with van der Waals surface area (Å²) in [6.45, 7) is -0.273. The van der Waals surface area contributed by atoms with Crippen molar-refractivity contribution in [2.75, 3.05) is 6.61 Å². The molecule has 2 aromatic rings. The van der Waals surface area contributed by atoms with Crippen LogP contribution in [0.25, 0.3) is 0 Å². The fraction of sp³-hybridized carbons (Fsp3) is 0.294. The predicted octanol–water partition coefficient (Wildman–Crippen LogP) is 3.71. The molecule has 0 saturated carbocycles. The third-order valence-corrected chi connectivity index (χ3v) is 6.48. The van der Waals surface area contributed by atoms with Gasteiger partial charge in [-0.3, -0.25) is 0 Å². The Morgan fingerprint density at radius 3 is 2.04 bits per heavy atom. The Morgan fingerprint density at radius 1 is 0.958 bits per heavy atom. The van der Waals surface area contributed by atoms with Gasteiger partial charge < -0.3 is 4.74 Å². The van der Waals surface area contributed by atoms with Gasteiger partial charge in [0.05, 0.1) is 4.90 Å². The molecule has 0 aliphatic carbocycles. The number of hydrogen-bond donors (Lipinski definition) is 0. The summed E-state index contributed by atoms with van der Waals surface area (Å²) in [5, 5.41) is -1.73. The third kappa shape index (κ3) is 2.52. The lowest BCUT2D eigenvalue weighted by Crippen LogP contribution is -2.52. The molecule has 24 heavy (non-hydrogen) atoms. The summed E-state index contributed by atoms with van der Waals surface area (Å²) >= 11 is 0. The molecular weight excluding hydrogens is 341 g/mol. The molecule has 128 valence electrons. The SMILES string of the molecule is O=S(=O)(c1ccccc1)[C@H]1CCO[C@]1(c1ccccc1)C(F)(F)F. The Morgan fingerprint density at radius 2 is 1.50 bits per heavy atom. The van der Waals surface area contributed by atoms with Crippen LogP contribution in [0.2, 0.25) is 0 Å². The number of alkyl halides is 3. The molecule has 1 heterocycles. The van der Waals surface area contributed by atoms with Crippen molar-refractivity contribution in [3.05, 3.63) is 66.2 Å². The minimum Gasteiger partial charge on any atom is -0.360 e. The number of halogens is 3. The van der Waals surface area contributed by atoms with Crippen molar-refractivity contribution in [2.45, 2.75) is 28.3 Å². The molecular formula is C17H15F3O3S. The van der Waals surface area contributed by atoms with E-state index in [1.807, 2.05) is 0 Å². The summed E-state index contributed by atoms with van der Waals surface area (Å²) in [5.74, 6) is 0. The molecule has 0 spiro atoms. The van der Waals surface area contributed by atoms with E-state index in [0.717, 1.165) is 0 Å². The molecule has 3 rings (SSSR count). The van der Waals surface area contributed by atoms with Crippen LogP contribution in [-0.4, -0.2) is 26.5 Å². The molecule has 2 aromatic carbocycles. The van der Waals surface area contributed by atoms with Crippen molar-refractivity contribution in [2.24, 2.45) is 0 Å². The first-order chi connectivity index (χ1) is 11.3. The van der Waals surface area contributed by atoms with Crippen LogP contribution in [-0.2, 0) is 20.2 Å². The zero-order valence-corrected chi connectivity index (χ0v) is 13.3. The van der Waals surface area contributed by atoms with E-state index >= 15 is 0 Å². The van der Waals surface area contributed by atoms with E-state index in [4.69, 9.17) is 4.74 Å². The van der Waals surface area contributed by atoms with Crippen LogP contribution >= 0.6 is 0 Å². The Kier molecular flexibility index (Phi) is 4.17. The number of benzene rings is 2. The molecule has 1 aliphatic heterocycles. The minimum absolute atomic E-state index is 0.134. The quantitative estimate of drug-likeness (QED) is 0.842. The highest BCUT2D eigenvalue weighted by Gasteiger charge is 2.67. The van der Waals surface area contributed by atoms with Gasteiger partial charge in [0.15, 0.2) is 9.84 Å². The summed E-state index contributed by atoms with van der Waals surface area (Å²) in [5.41, 5.74) is -3.05. The highest BCUT2D eigenvalue weighted by Crippen LogP contribution is 2.52. The van der Waals surface area contributed by atoms with Crippen molar-refractivity contribution in [1.29, 1.82) is 0 Å². The molecule has 3 nitrogen and oxygen atoms in total. The van der Waals surface area contributed by atoms with Crippen molar-refractivity contribution in [1.82, 2.24) is 0 Å². The second-order valence-corrected chi connectivity index (χ2v) is 7.71. The van der Waals surface area contributed by atoms with Gasteiger partial charge in [-0.15, -0.1) is 0 Å². The van der Waals surface area contributed by atoms with Crippen LogP contribution in [0.3, 0.4) is 0 Å². The maximum Gasteiger partial charge on any atom is 0.423 e. The van der Waals surface area contributed by atoms with Crippen LogP contribution in [0.15, 0.2) is 65.6 Å². The number of ether oxygens (including phenoxy) is 1. The Hall–Kier alpha value is -1.86. The van der Waals surface area contributed by atoms with Gasteiger partial charge in [-0.1, -0.05) is 48.5 Å². The molecule has 1 aliphatic rings. The second-order valence-electron chi connectivity index (χ2n) is 5.58. The molecule has 2 atom stereocenters. The lowest BCUT2D eigenvalue weighted by Gasteiger charge is -2.36. The van der Waals surface area contributed by atoms with Crippen LogP contribution in [0.5, 0.6) is 0 Å². The monoisotopic (exact) mass is 356 g/mol. The predicted molar refractivity (Wildman–Crippen MR) is 82.2 cm³/mol. The number of sulfone groups is 1. The highest BCUT2D eigenvalue weighted by molar-refractivity contribution is 7.92. The Bertz CT molecular complexity index is 804. The molecule has 1 fully saturated rings. The van der Waals surface area contributed by atoms with Gasteiger partial charge in [-0.05, 0) is 24.1 Å². The van der Waals surface area contributed by atoms with E-state index in [0.29, 0.717) is 0 Å². The molecule has 0 bridgehead atoms. The van der Waals surface area contributed by atoms with Gasteiger partial charge in [0, 0.05) is 6.61 Å². The van der Waals surface area contributed by atoms with Crippen molar-refractivity contribution < 1.29 is 26.3 Å². The van der Waals surface area contributed by atoms with Gasteiger partial charge in [0.1, 0.15) is 5.25 Å². The van der Waals surface area contributed by atoms with Gasteiger partial charge in [0.2, 0.25) is 5.60 Å².